The van der Waals surface area contributed by atoms with E-state index in [1.807, 2.05) is 6.92 Å². The van der Waals surface area contributed by atoms with Crippen molar-refractivity contribution in [2.45, 2.75) is 25.8 Å². The summed E-state index contributed by atoms with van der Waals surface area (Å²) in [5.41, 5.74) is 0.229. The van der Waals surface area contributed by atoms with Crippen molar-refractivity contribution in [2.24, 2.45) is 7.05 Å². The quantitative estimate of drug-likeness (QED) is 0.875. The van der Waals surface area contributed by atoms with Crippen molar-refractivity contribution in [3.05, 3.63) is 21.9 Å². The van der Waals surface area contributed by atoms with Gasteiger partial charge in [0.2, 0.25) is 0 Å². The molecule has 0 unspecified atom stereocenters. The molecular formula is C11H14Cl2N2O3. The first-order valence-electron chi connectivity index (χ1n) is 5.42. The summed E-state index contributed by atoms with van der Waals surface area (Å²) in [7, 11) is 1.58. The monoisotopic (exact) mass is 292 g/mol. The SMILES string of the molecule is CCC[C@H](NC(=O)c1cc(Cl)c(Cl)n1C)C(=O)O. The zero-order valence-corrected chi connectivity index (χ0v) is 11.5. The number of carbonyl (C=O) groups excluding carboxylic acids is 1. The number of carbonyl (C=O) groups is 2. The van der Waals surface area contributed by atoms with Gasteiger partial charge in [0, 0.05) is 7.05 Å². The number of aliphatic carboxylic acids is 1. The van der Waals surface area contributed by atoms with Gasteiger partial charge in [0.15, 0.2) is 0 Å². The molecule has 1 aromatic rings. The largest absolute Gasteiger partial charge is 0.480 e. The first-order valence-corrected chi connectivity index (χ1v) is 6.18. The molecule has 1 atom stereocenters. The molecule has 0 saturated heterocycles. The Morgan fingerprint density at radius 2 is 2.11 bits per heavy atom. The van der Waals surface area contributed by atoms with Gasteiger partial charge in [-0.15, -0.1) is 0 Å². The molecule has 1 rings (SSSR count). The second-order valence-electron chi connectivity index (χ2n) is 3.88. The Bertz CT molecular complexity index is 471. The van der Waals surface area contributed by atoms with Gasteiger partial charge < -0.3 is 15.0 Å². The van der Waals surface area contributed by atoms with Gasteiger partial charge in [-0.1, -0.05) is 36.5 Å². The molecule has 0 aliphatic heterocycles. The van der Waals surface area contributed by atoms with Crippen molar-refractivity contribution in [1.29, 1.82) is 0 Å². The Kier molecular flexibility index (Phi) is 5.04. The average molecular weight is 293 g/mol. The third-order valence-electron chi connectivity index (χ3n) is 2.53. The molecule has 0 bridgehead atoms. The van der Waals surface area contributed by atoms with E-state index in [2.05, 4.69) is 5.32 Å². The molecular weight excluding hydrogens is 279 g/mol. The molecule has 7 heteroatoms. The number of nitrogens with zero attached hydrogens (tertiary/aromatic N) is 1. The van der Waals surface area contributed by atoms with E-state index in [0.717, 1.165) is 0 Å². The third-order valence-corrected chi connectivity index (χ3v) is 3.37. The fourth-order valence-corrected chi connectivity index (χ4v) is 1.91. The molecule has 0 fully saturated rings. The Morgan fingerprint density at radius 1 is 1.50 bits per heavy atom. The molecule has 0 aromatic carbocycles. The first-order chi connectivity index (χ1) is 8.38. The van der Waals surface area contributed by atoms with Gasteiger partial charge in [-0.2, -0.15) is 0 Å². The van der Waals surface area contributed by atoms with Crippen molar-refractivity contribution in [2.75, 3.05) is 0 Å². The standard InChI is InChI=1S/C11H14Cl2N2O3/c1-3-4-7(11(17)18)14-10(16)8-5-6(12)9(13)15(8)2/h5,7H,3-4H2,1-2H3,(H,14,16)(H,17,18)/t7-/m0/s1. The van der Waals surface area contributed by atoms with Gasteiger partial charge >= 0.3 is 5.97 Å². The summed E-state index contributed by atoms with van der Waals surface area (Å²) in [6, 6.07) is 0.499. The number of amides is 1. The van der Waals surface area contributed by atoms with Gasteiger partial charge in [-0.05, 0) is 12.5 Å². The van der Waals surface area contributed by atoms with Crippen LogP contribution in [0.25, 0.3) is 0 Å². The number of hydrogen-bond acceptors (Lipinski definition) is 2. The van der Waals surface area contributed by atoms with Gasteiger partial charge in [-0.25, -0.2) is 4.79 Å². The van der Waals surface area contributed by atoms with Crippen molar-refractivity contribution in [1.82, 2.24) is 9.88 Å². The van der Waals surface area contributed by atoms with Crippen molar-refractivity contribution in [3.63, 3.8) is 0 Å². The molecule has 0 aliphatic rings. The maximum Gasteiger partial charge on any atom is 0.326 e. The minimum absolute atomic E-state index is 0.229. The maximum absolute atomic E-state index is 11.9. The van der Waals surface area contributed by atoms with Crippen LogP contribution in [-0.2, 0) is 11.8 Å². The summed E-state index contributed by atoms with van der Waals surface area (Å²) in [4.78, 5) is 22.8. The summed E-state index contributed by atoms with van der Waals surface area (Å²) in [5, 5.41) is 11.9. The lowest BCUT2D eigenvalue weighted by Crippen LogP contribution is -2.41. The highest BCUT2D eigenvalue weighted by molar-refractivity contribution is 6.41. The van der Waals surface area contributed by atoms with E-state index in [0.29, 0.717) is 12.8 Å². The summed E-state index contributed by atoms with van der Waals surface area (Å²) in [5.74, 6) is -1.57. The highest BCUT2D eigenvalue weighted by Crippen LogP contribution is 2.25. The topological polar surface area (TPSA) is 71.3 Å². The number of halogens is 2. The highest BCUT2D eigenvalue weighted by atomic mass is 35.5. The lowest BCUT2D eigenvalue weighted by molar-refractivity contribution is -0.139. The van der Waals surface area contributed by atoms with E-state index in [1.165, 1.54) is 10.6 Å². The molecule has 5 nitrogen and oxygen atoms in total. The van der Waals surface area contributed by atoms with Gasteiger partial charge in [0.1, 0.15) is 16.9 Å². The van der Waals surface area contributed by atoms with Crippen LogP contribution in [0.15, 0.2) is 6.07 Å². The normalized spacial score (nSPS) is 12.2. The molecule has 1 heterocycles. The van der Waals surface area contributed by atoms with E-state index in [-0.39, 0.29) is 15.9 Å². The van der Waals surface area contributed by atoms with E-state index in [4.69, 9.17) is 28.3 Å². The summed E-state index contributed by atoms with van der Waals surface area (Å²) < 4.78 is 1.41. The fourth-order valence-electron chi connectivity index (χ4n) is 1.54. The van der Waals surface area contributed by atoms with Crippen LogP contribution in [0.1, 0.15) is 30.3 Å². The molecule has 1 aromatic heterocycles. The molecule has 18 heavy (non-hydrogen) atoms. The number of carboxylic acids is 1. The smallest absolute Gasteiger partial charge is 0.326 e. The van der Waals surface area contributed by atoms with Gasteiger partial charge in [0.05, 0.1) is 5.02 Å². The Balaban J connectivity index is 2.87. The summed E-state index contributed by atoms with van der Waals surface area (Å²) >= 11 is 11.6. The predicted molar refractivity (Wildman–Crippen MR) is 69.2 cm³/mol. The molecule has 2 N–H and O–H groups in total. The Labute approximate surface area is 115 Å². The zero-order valence-electron chi connectivity index (χ0n) is 10.0. The second-order valence-corrected chi connectivity index (χ2v) is 4.65. The lowest BCUT2D eigenvalue weighted by atomic mass is 10.1. The minimum Gasteiger partial charge on any atom is -0.480 e. The van der Waals surface area contributed by atoms with Crippen LogP contribution in [-0.4, -0.2) is 27.6 Å². The van der Waals surface area contributed by atoms with Gasteiger partial charge in [-0.3, -0.25) is 4.79 Å². The van der Waals surface area contributed by atoms with Crippen LogP contribution in [0.5, 0.6) is 0 Å². The number of hydrogen-bond donors (Lipinski definition) is 2. The molecule has 0 saturated carbocycles. The van der Waals surface area contributed by atoms with Crippen LogP contribution >= 0.6 is 23.2 Å². The van der Waals surface area contributed by atoms with Crippen LogP contribution in [0, 0.1) is 0 Å². The van der Waals surface area contributed by atoms with Crippen LogP contribution in [0.3, 0.4) is 0 Å². The zero-order chi connectivity index (χ0) is 13.9. The lowest BCUT2D eigenvalue weighted by Gasteiger charge is -2.13. The number of nitrogens with one attached hydrogen (secondary N) is 1. The Hall–Kier alpha value is -1.20. The Morgan fingerprint density at radius 3 is 2.50 bits per heavy atom. The van der Waals surface area contributed by atoms with Crippen molar-refractivity contribution < 1.29 is 14.7 Å². The first kappa shape index (κ1) is 14.9. The second kappa shape index (κ2) is 6.11. The number of carboxylic acid groups (broad SMARTS) is 1. The molecule has 0 radical (unpaired) electrons. The molecule has 100 valence electrons. The minimum atomic E-state index is -1.06. The number of aromatic nitrogens is 1. The fraction of sp³-hybridized carbons (Fsp3) is 0.455. The molecule has 0 spiro atoms. The van der Waals surface area contributed by atoms with Gasteiger partial charge in [0.25, 0.3) is 5.91 Å². The van der Waals surface area contributed by atoms with Crippen LogP contribution in [0.4, 0.5) is 0 Å². The summed E-state index contributed by atoms with van der Waals surface area (Å²) in [6.45, 7) is 1.85. The van der Waals surface area contributed by atoms with E-state index in [1.54, 1.807) is 7.05 Å². The van der Waals surface area contributed by atoms with E-state index in [9.17, 15) is 9.59 Å². The van der Waals surface area contributed by atoms with Crippen LogP contribution in [0.2, 0.25) is 10.2 Å². The number of rotatable bonds is 5. The molecule has 0 aliphatic carbocycles. The average Bonchev–Trinajstić information content (AvgIpc) is 2.56. The van der Waals surface area contributed by atoms with Crippen molar-refractivity contribution in [3.8, 4) is 0 Å². The predicted octanol–water partition coefficient (Wildman–Crippen LogP) is 2.31. The summed E-state index contributed by atoms with van der Waals surface area (Å²) in [6.07, 6.45) is 1.03. The maximum atomic E-state index is 11.9. The van der Waals surface area contributed by atoms with E-state index >= 15 is 0 Å². The molecule has 1 amide bonds. The van der Waals surface area contributed by atoms with E-state index < -0.39 is 17.9 Å². The van der Waals surface area contributed by atoms with Crippen molar-refractivity contribution >= 4 is 35.1 Å². The highest BCUT2D eigenvalue weighted by Gasteiger charge is 2.22. The third kappa shape index (κ3) is 3.17. The van der Waals surface area contributed by atoms with Crippen LogP contribution < -0.4 is 5.32 Å².